The topological polar surface area (TPSA) is 70.7 Å². The average molecular weight is 367 g/mol. The SMILES string of the molecule is CC(=O)OCOCCCN1CCN(c2n[nH]c3cc(Cl)ccc23)CC1. The molecule has 25 heavy (non-hydrogen) atoms. The standard InChI is InChI=1S/C17H23ClN4O3/c1-13(23)25-12-24-10-2-5-21-6-8-22(9-7-21)17-15-4-3-14(18)11-16(15)19-20-17/h3-4,11H,2,5-10,12H2,1H3,(H,19,20). The number of carbonyl (C=O) groups excluding carboxylic acids is 1. The molecule has 136 valence electrons. The molecule has 0 unspecified atom stereocenters. The number of hydrogen-bond donors (Lipinski definition) is 1. The highest BCUT2D eigenvalue weighted by Crippen LogP contribution is 2.27. The number of nitrogens with one attached hydrogen (secondary N) is 1. The molecule has 8 heteroatoms. The number of aromatic amines is 1. The summed E-state index contributed by atoms with van der Waals surface area (Å²) >= 11 is 6.03. The minimum absolute atomic E-state index is 0.0410. The fourth-order valence-corrected chi connectivity index (χ4v) is 3.15. The van der Waals surface area contributed by atoms with Crippen LogP contribution in [0.2, 0.25) is 5.02 Å². The highest BCUT2D eigenvalue weighted by atomic mass is 35.5. The Labute approximate surface area is 151 Å². The lowest BCUT2D eigenvalue weighted by atomic mass is 10.2. The first-order valence-corrected chi connectivity index (χ1v) is 8.83. The van der Waals surface area contributed by atoms with Crippen molar-refractivity contribution < 1.29 is 14.3 Å². The van der Waals surface area contributed by atoms with Gasteiger partial charge in [-0.25, -0.2) is 0 Å². The fourth-order valence-electron chi connectivity index (χ4n) is 2.98. The fraction of sp³-hybridized carbons (Fsp3) is 0.529. The number of H-pyrrole nitrogens is 1. The van der Waals surface area contributed by atoms with Crippen molar-refractivity contribution in [3.63, 3.8) is 0 Å². The molecule has 1 aliphatic heterocycles. The van der Waals surface area contributed by atoms with E-state index < -0.39 is 0 Å². The maximum atomic E-state index is 10.6. The lowest BCUT2D eigenvalue weighted by Gasteiger charge is -2.35. The lowest BCUT2D eigenvalue weighted by molar-refractivity contribution is -0.153. The smallest absolute Gasteiger partial charge is 0.304 e. The molecule has 1 N–H and O–H groups in total. The van der Waals surface area contributed by atoms with Crippen molar-refractivity contribution in [1.29, 1.82) is 0 Å². The molecule has 0 spiro atoms. The number of benzene rings is 1. The Morgan fingerprint density at radius 2 is 2.12 bits per heavy atom. The van der Waals surface area contributed by atoms with Crippen LogP contribution in [0.1, 0.15) is 13.3 Å². The third kappa shape index (κ3) is 4.84. The van der Waals surface area contributed by atoms with Crippen molar-refractivity contribution in [2.24, 2.45) is 0 Å². The molecule has 2 aromatic rings. The first-order chi connectivity index (χ1) is 12.1. The zero-order valence-electron chi connectivity index (χ0n) is 14.3. The summed E-state index contributed by atoms with van der Waals surface area (Å²) in [6, 6.07) is 5.82. The molecule has 1 aromatic heterocycles. The minimum Gasteiger partial charge on any atom is -0.439 e. The average Bonchev–Trinajstić information content (AvgIpc) is 3.01. The summed E-state index contributed by atoms with van der Waals surface area (Å²) in [4.78, 5) is 15.3. The molecule has 2 heterocycles. The second kappa shape index (κ2) is 8.51. The normalized spacial score (nSPS) is 15.7. The van der Waals surface area contributed by atoms with Crippen molar-refractivity contribution in [3.8, 4) is 0 Å². The summed E-state index contributed by atoms with van der Waals surface area (Å²) in [7, 11) is 0. The number of hydrogen-bond acceptors (Lipinski definition) is 6. The molecule has 0 aliphatic carbocycles. The number of anilines is 1. The predicted octanol–water partition coefficient (Wildman–Crippen LogP) is 2.27. The van der Waals surface area contributed by atoms with Crippen LogP contribution in [0.4, 0.5) is 5.82 Å². The van der Waals surface area contributed by atoms with E-state index >= 15 is 0 Å². The van der Waals surface area contributed by atoms with Crippen LogP contribution in [0.25, 0.3) is 10.9 Å². The van der Waals surface area contributed by atoms with E-state index in [1.807, 2.05) is 18.2 Å². The number of fused-ring (bicyclic) bond motifs is 1. The Kier molecular flexibility index (Phi) is 6.12. The van der Waals surface area contributed by atoms with Gasteiger partial charge in [-0.1, -0.05) is 11.6 Å². The number of carbonyl (C=O) groups is 1. The van der Waals surface area contributed by atoms with Gasteiger partial charge in [-0.05, 0) is 24.6 Å². The molecular weight excluding hydrogens is 344 g/mol. The van der Waals surface area contributed by atoms with Gasteiger partial charge in [0.1, 0.15) is 0 Å². The molecular formula is C17H23ClN4O3. The second-order valence-corrected chi connectivity index (χ2v) is 6.52. The number of ether oxygens (including phenoxy) is 2. The van der Waals surface area contributed by atoms with E-state index in [2.05, 4.69) is 20.0 Å². The maximum absolute atomic E-state index is 10.6. The monoisotopic (exact) mass is 366 g/mol. The molecule has 1 aliphatic rings. The van der Waals surface area contributed by atoms with Crippen LogP contribution in [0.3, 0.4) is 0 Å². The second-order valence-electron chi connectivity index (χ2n) is 6.08. The summed E-state index contributed by atoms with van der Waals surface area (Å²) in [5, 5.41) is 9.33. The van der Waals surface area contributed by atoms with Crippen LogP contribution < -0.4 is 4.90 Å². The highest BCUT2D eigenvalue weighted by Gasteiger charge is 2.20. The first kappa shape index (κ1) is 18.0. The third-order valence-electron chi connectivity index (χ3n) is 4.29. The molecule has 1 aromatic carbocycles. The summed E-state index contributed by atoms with van der Waals surface area (Å²) in [5.74, 6) is 0.681. The van der Waals surface area contributed by atoms with Crippen LogP contribution in [0.15, 0.2) is 18.2 Å². The van der Waals surface area contributed by atoms with Gasteiger partial charge in [0.25, 0.3) is 0 Å². The van der Waals surface area contributed by atoms with Crippen LogP contribution in [0.5, 0.6) is 0 Å². The Morgan fingerprint density at radius 1 is 1.32 bits per heavy atom. The van der Waals surface area contributed by atoms with Crippen LogP contribution >= 0.6 is 11.6 Å². The van der Waals surface area contributed by atoms with E-state index in [0.717, 1.165) is 55.9 Å². The minimum atomic E-state index is -0.315. The molecule has 0 atom stereocenters. The van der Waals surface area contributed by atoms with E-state index in [1.54, 1.807) is 0 Å². The van der Waals surface area contributed by atoms with Crippen molar-refractivity contribution in [2.45, 2.75) is 13.3 Å². The highest BCUT2D eigenvalue weighted by molar-refractivity contribution is 6.31. The number of esters is 1. The molecule has 7 nitrogen and oxygen atoms in total. The Balaban J connectivity index is 1.42. The van der Waals surface area contributed by atoms with Crippen molar-refractivity contribution >= 4 is 34.3 Å². The Bertz CT molecular complexity index is 713. The molecule has 0 radical (unpaired) electrons. The van der Waals surface area contributed by atoms with Gasteiger partial charge < -0.3 is 14.4 Å². The molecule has 0 bridgehead atoms. The lowest BCUT2D eigenvalue weighted by Crippen LogP contribution is -2.47. The van der Waals surface area contributed by atoms with Crippen molar-refractivity contribution in [1.82, 2.24) is 15.1 Å². The van der Waals surface area contributed by atoms with Gasteiger partial charge in [0.05, 0.1) is 12.1 Å². The summed E-state index contributed by atoms with van der Waals surface area (Å²) in [6.07, 6.45) is 0.922. The molecule has 1 saturated heterocycles. The Hall–Kier alpha value is -1.83. The zero-order valence-corrected chi connectivity index (χ0v) is 15.1. The van der Waals surface area contributed by atoms with E-state index in [-0.39, 0.29) is 12.8 Å². The van der Waals surface area contributed by atoms with Gasteiger partial charge in [-0.2, -0.15) is 5.10 Å². The molecule has 0 amide bonds. The van der Waals surface area contributed by atoms with E-state index in [1.165, 1.54) is 6.92 Å². The van der Waals surface area contributed by atoms with Gasteiger partial charge in [0, 0.05) is 50.1 Å². The van der Waals surface area contributed by atoms with Gasteiger partial charge in [-0.15, -0.1) is 0 Å². The van der Waals surface area contributed by atoms with Crippen molar-refractivity contribution in [2.75, 3.05) is 51.0 Å². The Morgan fingerprint density at radius 3 is 2.88 bits per heavy atom. The van der Waals surface area contributed by atoms with Crippen LogP contribution in [0, 0.1) is 0 Å². The summed E-state index contributed by atoms with van der Waals surface area (Å²) in [6.45, 7) is 6.86. The molecule has 3 rings (SSSR count). The third-order valence-corrected chi connectivity index (χ3v) is 4.52. The number of rotatable bonds is 7. The van der Waals surface area contributed by atoms with Gasteiger partial charge in [-0.3, -0.25) is 14.8 Å². The van der Waals surface area contributed by atoms with Crippen LogP contribution in [-0.4, -0.2) is 67.2 Å². The zero-order chi connectivity index (χ0) is 17.6. The number of halogens is 1. The van der Waals surface area contributed by atoms with E-state index in [0.29, 0.717) is 11.6 Å². The maximum Gasteiger partial charge on any atom is 0.304 e. The first-order valence-electron chi connectivity index (χ1n) is 8.45. The number of nitrogens with zero attached hydrogens (tertiary/aromatic N) is 3. The van der Waals surface area contributed by atoms with Crippen molar-refractivity contribution in [3.05, 3.63) is 23.2 Å². The van der Waals surface area contributed by atoms with Crippen LogP contribution in [-0.2, 0) is 14.3 Å². The number of aromatic nitrogens is 2. The molecule has 0 saturated carbocycles. The largest absolute Gasteiger partial charge is 0.439 e. The summed E-state index contributed by atoms with van der Waals surface area (Å²) < 4.78 is 10.0. The molecule has 1 fully saturated rings. The number of piperazine rings is 1. The van der Waals surface area contributed by atoms with Gasteiger partial charge >= 0.3 is 5.97 Å². The van der Waals surface area contributed by atoms with Gasteiger partial charge in [0.2, 0.25) is 0 Å². The summed E-state index contributed by atoms with van der Waals surface area (Å²) in [5.41, 5.74) is 0.967. The predicted molar refractivity (Wildman–Crippen MR) is 97.0 cm³/mol. The van der Waals surface area contributed by atoms with E-state index in [9.17, 15) is 4.79 Å². The quantitative estimate of drug-likeness (QED) is 0.460. The van der Waals surface area contributed by atoms with E-state index in [4.69, 9.17) is 21.1 Å². The van der Waals surface area contributed by atoms with Gasteiger partial charge in [0.15, 0.2) is 12.6 Å².